The van der Waals surface area contributed by atoms with Crippen LogP contribution in [-0.2, 0) is 10.0 Å². The molecule has 1 fully saturated rings. The van der Waals surface area contributed by atoms with E-state index in [1.807, 2.05) is 0 Å². The maximum atomic E-state index is 14.2. The molecule has 218 valence electrons. The number of anilines is 3. The third-order valence-electron chi connectivity index (χ3n) is 7.14. The van der Waals surface area contributed by atoms with Gasteiger partial charge in [0.15, 0.2) is 0 Å². The summed E-state index contributed by atoms with van der Waals surface area (Å²) in [5.74, 6) is -0.295. The molecule has 1 aliphatic carbocycles. The lowest BCUT2D eigenvalue weighted by Gasteiger charge is -2.40. The number of aromatic nitrogens is 2. The third-order valence-corrected chi connectivity index (χ3v) is 8.56. The summed E-state index contributed by atoms with van der Waals surface area (Å²) in [4.78, 5) is 4.28. The number of alkyl halides is 3. The van der Waals surface area contributed by atoms with E-state index in [1.54, 1.807) is 18.2 Å². The Hall–Kier alpha value is -3.80. The highest BCUT2D eigenvalue weighted by atomic mass is 32.2. The molecule has 0 spiro atoms. The largest absolute Gasteiger partial charge is 0.573 e. The maximum absolute atomic E-state index is 14.2. The smallest absolute Gasteiger partial charge is 0.406 e. The molecule has 1 aromatic heterocycles. The zero-order valence-electron chi connectivity index (χ0n) is 22.7. The molecule has 0 saturated heterocycles. The lowest BCUT2D eigenvalue weighted by molar-refractivity contribution is -0.274. The van der Waals surface area contributed by atoms with Crippen molar-refractivity contribution in [2.75, 3.05) is 10.0 Å². The van der Waals surface area contributed by atoms with Gasteiger partial charge in [0.2, 0.25) is 5.95 Å². The molecule has 2 N–H and O–H groups in total. The molecule has 7 nitrogen and oxygen atoms in total. The number of nitrogens with zero attached hydrogens (tertiary/aromatic N) is 2. The van der Waals surface area contributed by atoms with Crippen molar-refractivity contribution in [3.63, 3.8) is 0 Å². The first-order valence-electron chi connectivity index (χ1n) is 13.1. The van der Waals surface area contributed by atoms with E-state index in [0.717, 1.165) is 30.8 Å². The van der Waals surface area contributed by atoms with Gasteiger partial charge in [-0.3, -0.25) is 4.72 Å². The van der Waals surface area contributed by atoms with Crippen LogP contribution in [-0.4, -0.2) is 24.3 Å². The Morgan fingerprint density at radius 2 is 1.68 bits per heavy atom. The zero-order valence-corrected chi connectivity index (χ0v) is 23.5. The minimum atomic E-state index is -4.79. The van der Waals surface area contributed by atoms with Crippen molar-refractivity contribution in [2.45, 2.75) is 57.3 Å². The predicted octanol–water partition coefficient (Wildman–Crippen LogP) is 8.01. The fourth-order valence-corrected chi connectivity index (χ4v) is 6.98. The Labute approximate surface area is 235 Å². The van der Waals surface area contributed by atoms with E-state index in [2.05, 4.69) is 40.1 Å². The molecule has 41 heavy (non-hydrogen) atoms. The van der Waals surface area contributed by atoms with E-state index in [4.69, 9.17) is 4.98 Å². The van der Waals surface area contributed by atoms with Crippen molar-refractivity contribution in [1.82, 2.24) is 9.55 Å². The summed E-state index contributed by atoms with van der Waals surface area (Å²) >= 11 is 0. The first-order chi connectivity index (χ1) is 19.2. The molecule has 1 aliphatic rings. The molecular formula is C29H30F4N4O3S. The second kappa shape index (κ2) is 10.6. The summed E-state index contributed by atoms with van der Waals surface area (Å²) in [6.07, 6.45) is -1.96. The topological polar surface area (TPSA) is 85.2 Å². The summed E-state index contributed by atoms with van der Waals surface area (Å²) in [7, 11) is -4.19. The van der Waals surface area contributed by atoms with E-state index < -0.39 is 27.1 Å². The Bertz CT molecular complexity index is 1670. The summed E-state index contributed by atoms with van der Waals surface area (Å²) in [5.41, 5.74) is 2.03. The number of imidazole rings is 1. The highest BCUT2D eigenvalue weighted by Gasteiger charge is 2.35. The first-order valence-corrected chi connectivity index (χ1v) is 14.6. The fraction of sp³-hybridized carbons (Fsp3) is 0.345. The minimum absolute atomic E-state index is 0.0649. The van der Waals surface area contributed by atoms with Crippen LogP contribution >= 0.6 is 0 Å². The number of sulfonamides is 1. The number of nitrogens with one attached hydrogen (secondary N) is 2. The van der Waals surface area contributed by atoms with Crippen molar-refractivity contribution in [1.29, 1.82) is 0 Å². The second-order valence-corrected chi connectivity index (χ2v) is 13.0. The van der Waals surface area contributed by atoms with Crippen LogP contribution in [0.5, 0.6) is 5.75 Å². The summed E-state index contributed by atoms with van der Waals surface area (Å²) in [6, 6.07) is 15.5. The number of benzene rings is 3. The molecule has 0 amide bonds. The normalized spacial score (nSPS) is 19.2. The van der Waals surface area contributed by atoms with E-state index in [0.29, 0.717) is 23.1 Å². The predicted molar refractivity (Wildman–Crippen MR) is 149 cm³/mol. The van der Waals surface area contributed by atoms with Gasteiger partial charge in [-0.15, -0.1) is 13.2 Å². The molecule has 4 aromatic rings. The molecule has 2 unspecified atom stereocenters. The lowest BCUT2D eigenvalue weighted by atomic mass is 9.70. The van der Waals surface area contributed by atoms with Crippen LogP contribution < -0.4 is 14.8 Å². The van der Waals surface area contributed by atoms with Crippen LogP contribution in [0, 0.1) is 17.2 Å². The molecule has 0 aliphatic heterocycles. The summed E-state index contributed by atoms with van der Waals surface area (Å²) in [6.45, 7) is 6.64. The average molecular weight is 591 g/mol. The molecule has 1 heterocycles. The maximum Gasteiger partial charge on any atom is 0.573 e. The first kappa shape index (κ1) is 28.7. The Balaban J connectivity index is 1.52. The molecule has 5 rings (SSSR count). The van der Waals surface area contributed by atoms with Crippen molar-refractivity contribution in [3.05, 3.63) is 72.5 Å². The molecule has 2 atom stereocenters. The van der Waals surface area contributed by atoms with Gasteiger partial charge in [-0.2, -0.15) is 0 Å². The van der Waals surface area contributed by atoms with Gasteiger partial charge in [0, 0.05) is 11.7 Å². The fourth-order valence-electron chi connectivity index (χ4n) is 5.85. The average Bonchev–Trinajstić information content (AvgIpc) is 3.20. The van der Waals surface area contributed by atoms with Crippen LogP contribution in [0.15, 0.2) is 71.6 Å². The van der Waals surface area contributed by atoms with E-state index in [-0.39, 0.29) is 22.9 Å². The lowest BCUT2D eigenvalue weighted by Crippen LogP contribution is -2.29. The van der Waals surface area contributed by atoms with Gasteiger partial charge in [-0.05, 0) is 85.2 Å². The standard InChI is InChI=1S/C29H30F4N4O3S/c1-18-14-21(17-28(2,3)16-18)37-25-13-10-20(36-41(38,39)26-7-5-4-6-23(26)30)15-24(25)35-27(37)34-19-8-11-22(12-9-19)40-29(31,32)33/h4-13,15,18,21,36H,14,16-17H2,1-3H3,(H,34,35). The highest BCUT2D eigenvalue weighted by Crippen LogP contribution is 2.46. The van der Waals surface area contributed by atoms with Gasteiger partial charge >= 0.3 is 6.36 Å². The van der Waals surface area contributed by atoms with Crippen LogP contribution in [0.25, 0.3) is 11.0 Å². The number of rotatable bonds is 7. The highest BCUT2D eigenvalue weighted by molar-refractivity contribution is 7.92. The summed E-state index contributed by atoms with van der Waals surface area (Å²) < 4.78 is 86.2. The number of hydrogen-bond donors (Lipinski definition) is 2. The number of ether oxygens (including phenoxy) is 1. The van der Waals surface area contributed by atoms with Gasteiger partial charge in [0.1, 0.15) is 16.5 Å². The van der Waals surface area contributed by atoms with Gasteiger partial charge in [0.25, 0.3) is 10.0 Å². The second-order valence-electron chi connectivity index (χ2n) is 11.3. The van der Waals surface area contributed by atoms with Gasteiger partial charge < -0.3 is 14.6 Å². The van der Waals surface area contributed by atoms with Crippen molar-refractivity contribution >= 4 is 38.4 Å². The number of halogens is 4. The van der Waals surface area contributed by atoms with Gasteiger partial charge in [-0.1, -0.05) is 32.9 Å². The quantitative estimate of drug-likeness (QED) is 0.213. The van der Waals surface area contributed by atoms with E-state index >= 15 is 0 Å². The zero-order chi connectivity index (χ0) is 29.6. The minimum Gasteiger partial charge on any atom is -0.406 e. The Kier molecular flexibility index (Phi) is 7.39. The van der Waals surface area contributed by atoms with E-state index in [9.17, 15) is 26.0 Å². The molecule has 0 radical (unpaired) electrons. The van der Waals surface area contributed by atoms with Crippen LogP contribution in [0.2, 0.25) is 0 Å². The summed E-state index contributed by atoms with van der Waals surface area (Å²) in [5, 5.41) is 3.22. The number of fused-ring (bicyclic) bond motifs is 1. The van der Waals surface area contributed by atoms with Crippen LogP contribution in [0.3, 0.4) is 0 Å². The van der Waals surface area contributed by atoms with Gasteiger partial charge in [0.05, 0.1) is 16.7 Å². The van der Waals surface area contributed by atoms with Crippen molar-refractivity contribution in [2.24, 2.45) is 11.3 Å². The van der Waals surface area contributed by atoms with E-state index in [1.165, 1.54) is 42.5 Å². The third kappa shape index (κ3) is 6.58. The molecule has 1 saturated carbocycles. The van der Waals surface area contributed by atoms with Crippen LogP contribution in [0.4, 0.5) is 34.9 Å². The molecule has 3 aromatic carbocycles. The number of hydrogen-bond acceptors (Lipinski definition) is 5. The molecule has 0 bridgehead atoms. The monoisotopic (exact) mass is 590 g/mol. The Morgan fingerprint density at radius 1 is 1.00 bits per heavy atom. The van der Waals surface area contributed by atoms with Crippen LogP contribution in [0.1, 0.15) is 46.1 Å². The SMILES string of the molecule is CC1CC(n2c(Nc3ccc(OC(F)(F)F)cc3)nc3cc(NS(=O)(=O)c4ccccc4F)ccc32)CC(C)(C)C1. The Morgan fingerprint density at radius 3 is 2.34 bits per heavy atom. The van der Waals surface area contributed by atoms with Crippen molar-refractivity contribution in [3.8, 4) is 5.75 Å². The van der Waals surface area contributed by atoms with Gasteiger partial charge in [-0.25, -0.2) is 17.8 Å². The molecular weight excluding hydrogens is 560 g/mol. The van der Waals surface area contributed by atoms with Crippen molar-refractivity contribution < 1.29 is 30.7 Å². The molecule has 12 heteroatoms.